The summed E-state index contributed by atoms with van der Waals surface area (Å²) in [6.45, 7) is -0.408. The third-order valence-electron chi connectivity index (χ3n) is 2.54. The Labute approximate surface area is 105 Å². The maximum absolute atomic E-state index is 9.11. The van der Waals surface area contributed by atoms with Gasteiger partial charge >= 0.3 is 0 Å². The van der Waals surface area contributed by atoms with Crippen LogP contribution in [0.5, 0.6) is 5.75 Å². The molecular formula is C12H18O6. The van der Waals surface area contributed by atoms with Crippen molar-refractivity contribution < 1.29 is 30.3 Å². The minimum absolute atomic E-state index is 0.0521. The van der Waals surface area contributed by atoms with Crippen molar-refractivity contribution in [1.82, 2.24) is 0 Å². The summed E-state index contributed by atoms with van der Waals surface area (Å²) in [5, 5.41) is 44.3. The molecule has 1 heterocycles. The Morgan fingerprint density at radius 1 is 1.06 bits per heavy atom. The van der Waals surface area contributed by atoms with E-state index in [1.54, 1.807) is 24.3 Å². The molecule has 0 aromatic heterocycles. The average Bonchev–Trinajstić information content (AvgIpc) is 2.38. The first-order chi connectivity index (χ1) is 8.56. The van der Waals surface area contributed by atoms with Crippen LogP contribution in [0.25, 0.3) is 0 Å². The van der Waals surface area contributed by atoms with Gasteiger partial charge in [0.1, 0.15) is 30.2 Å². The summed E-state index contributed by atoms with van der Waals surface area (Å²) in [4.78, 5) is 0. The number of aliphatic hydroxyl groups excluding tert-OH is 4. The predicted molar refractivity (Wildman–Crippen MR) is 63.0 cm³/mol. The highest BCUT2D eigenvalue weighted by Crippen LogP contribution is 2.14. The fourth-order valence-corrected chi connectivity index (χ4v) is 1.46. The first-order valence-electron chi connectivity index (χ1n) is 5.57. The van der Waals surface area contributed by atoms with Crippen molar-refractivity contribution in [2.45, 2.75) is 24.4 Å². The fourth-order valence-electron chi connectivity index (χ4n) is 1.46. The van der Waals surface area contributed by atoms with Crippen molar-refractivity contribution >= 4 is 0 Å². The van der Waals surface area contributed by atoms with E-state index in [0.29, 0.717) is 5.75 Å². The van der Waals surface area contributed by atoms with Gasteiger partial charge in [-0.25, -0.2) is 0 Å². The van der Waals surface area contributed by atoms with E-state index in [4.69, 9.17) is 30.3 Å². The molecule has 102 valence electrons. The molecule has 1 saturated heterocycles. The van der Waals surface area contributed by atoms with Gasteiger partial charge in [0.05, 0.1) is 13.2 Å². The number of ether oxygens (including phenoxy) is 1. The molecule has 0 unspecified atom stereocenters. The highest BCUT2D eigenvalue weighted by Gasteiger charge is 2.36. The van der Waals surface area contributed by atoms with Crippen LogP contribution in [0.2, 0.25) is 0 Å². The van der Waals surface area contributed by atoms with Crippen LogP contribution in [-0.4, -0.2) is 63.2 Å². The monoisotopic (exact) mass is 258 g/mol. The van der Waals surface area contributed by atoms with Gasteiger partial charge in [-0.2, -0.15) is 0 Å². The predicted octanol–water partition coefficient (Wildman–Crippen LogP) is -1.15. The molecule has 2 rings (SSSR count). The summed E-state index contributed by atoms with van der Waals surface area (Å²) in [5.41, 5.74) is 0. The molecule has 5 N–H and O–H groups in total. The number of benzene rings is 1. The van der Waals surface area contributed by atoms with E-state index >= 15 is 0 Å². The minimum Gasteiger partial charge on any atom is -0.508 e. The van der Waals surface area contributed by atoms with Crippen molar-refractivity contribution in [3.05, 3.63) is 30.3 Å². The summed E-state index contributed by atoms with van der Waals surface area (Å²) in [5.74, 6) is 0.322. The van der Waals surface area contributed by atoms with Gasteiger partial charge in [-0.1, -0.05) is 18.2 Å². The number of para-hydroxylation sites is 1. The number of phenolic OH excluding ortho intramolecular Hbond substituents is 1. The summed E-state index contributed by atoms with van der Waals surface area (Å²) in [7, 11) is 0. The van der Waals surface area contributed by atoms with Crippen LogP contribution < -0.4 is 0 Å². The number of aromatic hydroxyl groups is 1. The van der Waals surface area contributed by atoms with Gasteiger partial charge in [0, 0.05) is 0 Å². The van der Waals surface area contributed by atoms with E-state index in [-0.39, 0.29) is 13.2 Å². The SMILES string of the molecule is OC[C@H]1OC[C@H](O)[C@@H](O)[C@@H]1O.Oc1ccccc1. The standard InChI is InChI=1S/C6H12O5.C6H6O/c7-1-4-6(10)5(9)3(8)2-11-4;7-6-4-2-1-3-5-6/h3-10H,1-2H2;1-5,7H/t3-,4+,5+,6+;/m0./s1. The van der Waals surface area contributed by atoms with Crippen LogP contribution >= 0.6 is 0 Å². The molecule has 1 aliphatic rings. The van der Waals surface area contributed by atoms with Crippen LogP contribution in [0.3, 0.4) is 0 Å². The molecule has 0 spiro atoms. The zero-order chi connectivity index (χ0) is 13.5. The van der Waals surface area contributed by atoms with E-state index in [9.17, 15) is 0 Å². The number of aliphatic hydroxyl groups is 4. The Kier molecular flexibility index (Phi) is 6.03. The maximum Gasteiger partial charge on any atom is 0.115 e. The lowest BCUT2D eigenvalue weighted by molar-refractivity contribution is -0.195. The van der Waals surface area contributed by atoms with E-state index in [1.807, 2.05) is 6.07 Å². The lowest BCUT2D eigenvalue weighted by Crippen LogP contribution is -2.53. The Bertz CT molecular complexity index is 329. The van der Waals surface area contributed by atoms with Gasteiger partial charge in [-0.3, -0.25) is 0 Å². The lowest BCUT2D eigenvalue weighted by Gasteiger charge is -2.34. The Morgan fingerprint density at radius 2 is 1.67 bits per heavy atom. The molecular weight excluding hydrogens is 240 g/mol. The van der Waals surface area contributed by atoms with Gasteiger partial charge in [-0.05, 0) is 12.1 Å². The molecule has 0 bridgehead atoms. The van der Waals surface area contributed by atoms with Crippen LogP contribution in [0, 0.1) is 0 Å². The van der Waals surface area contributed by atoms with Crippen LogP contribution in [0.1, 0.15) is 0 Å². The first-order valence-corrected chi connectivity index (χ1v) is 5.57. The number of hydrogen-bond acceptors (Lipinski definition) is 6. The largest absolute Gasteiger partial charge is 0.508 e. The summed E-state index contributed by atoms with van der Waals surface area (Å²) in [6, 6.07) is 8.71. The van der Waals surface area contributed by atoms with Crippen molar-refractivity contribution in [3.8, 4) is 5.75 Å². The average molecular weight is 258 g/mol. The Hall–Kier alpha value is -1.18. The highest BCUT2D eigenvalue weighted by molar-refractivity contribution is 5.18. The van der Waals surface area contributed by atoms with Crippen LogP contribution in [-0.2, 0) is 4.74 Å². The highest BCUT2D eigenvalue weighted by atomic mass is 16.5. The van der Waals surface area contributed by atoms with Gasteiger partial charge in [0.2, 0.25) is 0 Å². The summed E-state index contributed by atoms with van der Waals surface area (Å²) in [6.07, 6.45) is -4.27. The normalized spacial score (nSPS) is 31.3. The second kappa shape index (κ2) is 7.30. The zero-order valence-electron chi connectivity index (χ0n) is 9.75. The van der Waals surface area contributed by atoms with E-state index in [2.05, 4.69) is 0 Å². The molecule has 0 saturated carbocycles. The zero-order valence-corrected chi connectivity index (χ0v) is 9.75. The topological polar surface area (TPSA) is 110 Å². The molecule has 6 heteroatoms. The second-order valence-electron chi connectivity index (χ2n) is 3.94. The number of phenols is 1. The fraction of sp³-hybridized carbons (Fsp3) is 0.500. The smallest absolute Gasteiger partial charge is 0.115 e. The van der Waals surface area contributed by atoms with Crippen molar-refractivity contribution in [1.29, 1.82) is 0 Å². The third kappa shape index (κ3) is 4.25. The van der Waals surface area contributed by atoms with Gasteiger partial charge in [0.25, 0.3) is 0 Å². The number of hydrogen-bond donors (Lipinski definition) is 5. The van der Waals surface area contributed by atoms with Gasteiger partial charge < -0.3 is 30.3 Å². The number of rotatable bonds is 1. The molecule has 4 atom stereocenters. The molecule has 18 heavy (non-hydrogen) atoms. The minimum atomic E-state index is -1.22. The Morgan fingerprint density at radius 3 is 2.11 bits per heavy atom. The molecule has 1 fully saturated rings. The molecule has 0 radical (unpaired) electrons. The van der Waals surface area contributed by atoms with Crippen molar-refractivity contribution in [2.24, 2.45) is 0 Å². The summed E-state index contributed by atoms with van der Waals surface area (Å²) >= 11 is 0. The molecule has 1 aliphatic heterocycles. The maximum atomic E-state index is 9.11. The molecule has 0 aliphatic carbocycles. The quantitative estimate of drug-likeness (QED) is 0.435. The Balaban J connectivity index is 0.000000199. The molecule has 1 aromatic carbocycles. The molecule has 1 aromatic rings. The van der Waals surface area contributed by atoms with Crippen LogP contribution in [0.4, 0.5) is 0 Å². The molecule has 6 nitrogen and oxygen atoms in total. The van der Waals surface area contributed by atoms with E-state index in [0.717, 1.165) is 0 Å². The van der Waals surface area contributed by atoms with E-state index in [1.165, 1.54) is 0 Å². The lowest BCUT2D eigenvalue weighted by atomic mass is 10.0. The molecule has 0 amide bonds. The second-order valence-corrected chi connectivity index (χ2v) is 3.94. The summed E-state index contributed by atoms with van der Waals surface area (Å²) < 4.78 is 4.81. The van der Waals surface area contributed by atoms with Gasteiger partial charge in [0.15, 0.2) is 0 Å². The third-order valence-corrected chi connectivity index (χ3v) is 2.54. The van der Waals surface area contributed by atoms with Crippen LogP contribution in [0.15, 0.2) is 30.3 Å². The van der Waals surface area contributed by atoms with Crippen molar-refractivity contribution in [3.63, 3.8) is 0 Å². The van der Waals surface area contributed by atoms with Gasteiger partial charge in [-0.15, -0.1) is 0 Å². The first kappa shape index (κ1) is 14.9. The van der Waals surface area contributed by atoms with E-state index < -0.39 is 24.4 Å². The van der Waals surface area contributed by atoms with Crippen molar-refractivity contribution in [2.75, 3.05) is 13.2 Å².